The third-order valence-electron chi connectivity index (χ3n) is 6.48. The van der Waals surface area contributed by atoms with Gasteiger partial charge < -0.3 is 14.9 Å². The summed E-state index contributed by atoms with van der Waals surface area (Å²) in [7, 11) is 1.86. The zero-order chi connectivity index (χ0) is 25.4. The molecule has 5 heterocycles. The minimum Gasteiger partial charge on any atom is -0.383 e. The van der Waals surface area contributed by atoms with Gasteiger partial charge in [0, 0.05) is 80.3 Å². The number of aliphatic hydroxyl groups excluding tert-OH is 1. The Hall–Kier alpha value is -4.30. The van der Waals surface area contributed by atoms with Crippen LogP contribution >= 0.6 is 0 Å². The van der Waals surface area contributed by atoms with E-state index in [2.05, 4.69) is 26.2 Å². The van der Waals surface area contributed by atoms with Crippen LogP contribution in [0.15, 0.2) is 43.2 Å². The first kappa shape index (κ1) is 23.4. The highest BCUT2D eigenvalue weighted by Gasteiger charge is 2.28. The maximum Gasteiger partial charge on any atom is 0.251 e. The van der Waals surface area contributed by atoms with E-state index in [1.165, 1.54) is 0 Å². The number of piperazine rings is 1. The topological polar surface area (TPSA) is 128 Å². The number of nitriles is 1. The van der Waals surface area contributed by atoms with E-state index >= 15 is 0 Å². The Kier molecular flexibility index (Phi) is 6.12. The zero-order valence-corrected chi connectivity index (χ0v) is 20.4. The Morgan fingerprint density at radius 2 is 1.72 bits per heavy atom. The molecule has 1 aliphatic rings. The maximum absolute atomic E-state index is 12.4. The lowest BCUT2D eigenvalue weighted by Gasteiger charge is -2.36. The first-order chi connectivity index (χ1) is 17.4. The van der Waals surface area contributed by atoms with E-state index in [9.17, 15) is 15.2 Å². The maximum atomic E-state index is 12.4. The Bertz CT molecular complexity index is 1440. The van der Waals surface area contributed by atoms with Crippen molar-refractivity contribution >= 4 is 17.4 Å². The molecule has 5 rings (SSSR count). The van der Waals surface area contributed by atoms with Crippen molar-refractivity contribution in [2.45, 2.75) is 20.0 Å². The van der Waals surface area contributed by atoms with Crippen molar-refractivity contribution in [3.05, 3.63) is 48.8 Å². The third kappa shape index (κ3) is 4.27. The lowest BCUT2D eigenvalue weighted by atomic mass is 10.0. The molecule has 1 fully saturated rings. The van der Waals surface area contributed by atoms with Gasteiger partial charge in [0.1, 0.15) is 12.2 Å². The molecule has 1 aliphatic heterocycles. The second kappa shape index (κ2) is 9.39. The first-order valence-electron chi connectivity index (χ1n) is 11.8. The summed E-state index contributed by atoms with van der Waals surface area (Å²) in [6.45, 7) is 5.83. The Morgan fingerprint density at radius 1 is 1.00 bits per heavy atom. The molecular formula is C25H27N9O2. The van der Waals surface area contributed by atoms with Gasteiger partial charge in [0.05, 0.1) is 23.5 Å². The van der Waals surface area contributed by atoms with Crippen LogP contribution in [0.3, 0.4) is 0 Å². The summed E-state index contributed by atoms with van der Waals surface area (Å²) in [6.07, 6.45) is 9.65. The number of aromatic nitrogens is 6. The summed E-state index contributed by atoms with van der Waals surface area (Å²) < 4.78 is 3.43. The number of carbonyl (C=O) groups excluding carboxylic acids is 1. The quantitative estimate of drug-likeness (QED) is 0.453. The fourth-order valence-electron chi connectivity index (χ4n) is 4.37. The molecule has 0 saturated carbocycles. The highest BCUT2D eigenvalue weighted by atomic mass is 16.3. The predicted molar refractivity (Wildman–Crippen MR) is 133 cm³/mol. The molecule has 11 heteroatoms. The van der Waals surface area contributed by atoms with Crippen LogP contribution in [0.5, 0.6) is 0 Å². The lowest BCUT2D eigenvalue weighted by molar-refractivity contribution is -0.142. The van der Waals surface area contributed by atoms with Gasteiger partial charge in [-0.05, 0) is 12.0 Å². The fraction of sp³-hybridized carbons (Fsp3) is 0.360. The van der Waals surface area contributed by atoms with E-state index in [-0.39, 0.29) is 11.8 Å². The third-order valence-corrected chi connectivity index (χ3v) is 6.48. The molecule has 1 saturated heterocycles. The number of aliphatic hydroxyl groups is 1. The molecule has 0 radical (unpaired) electrons. The van der Waals surface area contributed by atoms with Gasteiger partial charge in [-0.15, -0.1) is 0 Å². The van der Waals surface area contributed by atoms with Gasteiger partial charge in [-0.1, -0.05) is 13.8 Å². The Labute approximate surface area is 208 Å². The van der Waals surface area contributed by atoms with Crippen LogP contribution in [0.25, 0.3) is 27.8 Å². The Balaban J connectivity index is 1.41. The van der Waals surface area contributed by atoms with Gasteiger partial charge >= 0.3 is 0 Å². The molecule has 4 aromatic rings. The molecule has 36 heavy (non-hydrogen) atoms. The number of pyridine rings is 1. The number of amides is 1. The molecule has 184 valence electrons. The van der Waals surface area contributed by atoms with Crippen molar-refractivity contribution in [2.24, 2.45) is 13.0 Å². The normalized spacial score (nSPS) is 14.9. The van der Waals surface area contributed by atoms with E-state index in [0.717, 1.165) is 22.3 Å². The van der Waals surface area contributed by atoms with E-state index < -0.39 is 6.10 Å². The lowest BCUT2D eigenvalue weighted by Crippen LogP contribution is -2.52. The van der Waals surface area contributed by atoms with Crippen molar-refractivity contribution < 1.29 is 9.90 Å². The molecule has 1 N–H and O–H groups in total. The average molecular weight is 486 g/mol. The van der Waals surface area contributed by atoms with E-state index in [1.807, 2.05) is 44.3 Å². The first-order valence-corrected chi connectivity index (χ1v) is 11.8. The smallest absolute Gasteiger partial charge is 0.251 e. The standard InChI is InChI=1S/C25H27N9O2/c1-16(2)23(35)24(36)32-4-6-33(7-5-32)25-27-10-19(11-28-25)21-8-17(20-13-29-31(3)14-20)15-34-22(21)18(9-26)12-30-34/h8,10-16,23,35H,4-7H2,1-3H3. The summed E-state index contributed by atoms with van der Waals surface area (Å²) in [6, 6.07) is 4.21. The second-order valence-corrected chi connectivity index (χ2v) is 9.28. The number of aryl methyl sites for hydroxylation is 1. The number of hydrogen-bond donors (Lipinski definition) is 1. The average Bonchev–Trinajstić information content (AvgIpc) is 3.53. The number of hydrogen-bond acceptors (Lipinski definition) is 8. The fourth-order valence-corrected chi connectivity index (χ4v) is 4.37. The van der Waals surface area contributed by atoms with Gasteiger partial charge in [-0.25, -0.2) is 14.5 Å². The molecular weight excluding hydrogens is 458 g/mol. The van der Waals surface area contributed by atoms with Crippen molar-refractivity contribution in [1.82, 2.24) is 34.3 Å². The minimum absolute atomic E-state index is 0.119. The summed E-state index contributed by atoms with van der Waals surface area (Å²) in [5.41, 5.74) is 4.57. The molecule has 1 unspecified atom stereocenters. The number of rotatable bonds is 5. The summed E-state index contributed by atoms with van der Waals surface area (Å²) in [4.78, 5) is 25.4. The highest BCUT2D eigenvalue weighted by Crippen LogP contribution is 2.31. The van der Waals surface area contributed by atoms with Crippen LogP contribution in [0.2, 0.25) is 0 Å². The molecule has 11 nitrogen and oxygen atoms in total. The van der Waals surface area contributed by atoms with Crippen molar-refractivity contribution in [3.63, 3.8) is 0 Å². The molecule has 1 atom stereocenters. The van der Waals surface area contributed by atoms with Crippen molar-refractivity contribution in [1.29, 1.82) is 5.26 Å². The monoisotopic (exact) mass is 485 g/mol. The molecule has 0 bridgehead atoms. The van der Waals surface area contributed by atoms with Crippen LogP contribution in [0, 0.1) is 17.2 Å². The van der Waals surface area contributed by atoms with Crippen LogP contribution in [-0.4, -0.2) is 77.6 Å². The van der Waals surface area contributed by atoms with Crippen LogP contribution in [-0.2, 0) is 11.8 Å². The molecule has 0 spiro atoms. The van der Waals surface area contributed by atoms with E-state index in [1.54, 1.807) is 38.9 Å². The van der Waals surface area contributed by atoms with Gasteiger partial charge in [0.15, 0.2) is 0 Å². The molecule has 0 aromatic carbocycles. The molecule has 4 aromatic heterocycles. The zero-order valence-electron chi connectivity index (χ0n) is 20.4. The van der Waals surface area contributed by atoms with Crippen LogP contribution in [0.1, 0.15) is 19.4 Å². The number of carbonyl (C=O) groups is 1. The van der Waals surface area contributed by atoms with Crippen molar-refractivity contribution in [2.75, 3.05) is 31.1 Å². The predicted octanol–water partition coefficient (Wildman–Crippen LogP) is 1.73. The van der Waals surface area contributed by atoms with Crippen LogP contribution < -0.4 is 4.90 Å². The minimum atomic E-state index is -0.979. The summed E-state index contributed by atoms with van der Waals surface area (Å²) in [5, 5.41) is 28.4. The SMILES string of the molecule is CC(C)C(O)C(=O)N1CCN(c2ncc(-c3cc(-c4cnn(C)c4)cn4ncc(C#N)c34)cn2)CC1. The number of fused-ring (bicyclic) bond motifs is 1. The highest BCUT2D eigenvalue weighted by molar-refractivity contribution is 5.87. The van der Waals surface area contributed by atoms with E-state index in [0.29, 0.717) is 43.2 Å². The summed E-state index contributed by atoms with van der Waals surface area (Å²) >= 11 is 0. The largest absolute Gasteiger partial charge is 0.383 e. The molecule has 0 aliphatic carbocycles. The second-order valence-electron chi connectivity index (χ2n) is 9.28. The van der Waals surface area contributed by atoms with Gasteiger partial charge in [-0.2, -0.15) is 15.5 Å². The number of anilines is 1. The van der Waals surface area contributed by atoms with Gasteiger partial charge in [0.25, 0.3) is 5.91 Å². The summed E-state index contributed by atoms with van der Waals surface area (Å²) in [5.74, 6) is 0.225. The van der Waals surface area contributed by atoms with Crippen LogP contribution in [0.4, 0.5) is 5.95 Å². The van der Waals surface area contributed by atoms with E-state index in [4.69, 9.17) is 0 Å². The Morgan fingerprint density at radius 3 is 2.33 bits per heavy atom. The number of nitrogens with zero attached hydrogens (tertiary/aromatic N) is 9. The van der Waals surface area contributed by atoms with Crippen molar-refractivity contribution in [3.8, 4) is 28.3 Å². The van der Waals surface area contributed by atoms with Gasteiger partial charge in [-0.3, -0.25) is 9.48 Å². The molecule has 1 amide bonds. The van der Waals surface area contributed by atoms with Gasteiger partial charge in [0.2, 0.25) is 5.95 Å².